The highest BCUT2D eigenvalue weighted by Gasteiger charge is 2.02. The van der Waals surface area contributed by atoms with Crippen molar-refractivity contribution < 1.29 is 0 Å². The Bertz CT molecular complexity index is 436. The minimum Gasteiger partial charge on any atom is -0.319 e. The second-order valence-corrected chi connectivity index (χ2v) is 4.53. The van der Waals surface area contributed by atoms with Crippen molar-refractivity contribution in [2.75, 3.05) is 13.6 Å². The van der Waals surface area contributed by atoms with Crippen molar-refractivity contribution in [2.24, 2.45) is 0 Å². The number of thiophene rings is 1. The molecule has 1 nitrogen and oxygen atoms in total. The molecule has 0 aliphatic heterocycles. The van der Waals surface area contributed by atoms with Gasteiger partial charge in [0.05, 0.1) is 0 Å². The van der Waals surface area contributed by atoms with Crippen LogP contribution in [0.5, 0.6) is 0 Å². The van der Waals surface area contributed by atoms with E-state index in [1.165, 1.54) is 21.2 Å². The van der Waals surface area contributed by atoms with Crippen LogP contribution in [0.3, 0.4) is 0 Å². The van der Waals surface area contributed by atoms with E-state index in [0.717, 1.165) is 13.0 Å². The number of nitrogens with one attached hydrogen (secondary N) is 1. The molecular weight excluding hydrogens is 226 g/mol. The van der Waals surface area contributed by atoms with E-state index in [1.807, 2.05) is 18.4 Å². The van der Waals surface area contributed by atoms with Gasteiger partial charge in [0, 0.05) is 4.70 Å². The Morgan fingerprint density at radius 1 is 1.33 bits per heavy atom. The summed E-state index contributed by atoms with van der Waals surface area (Å²) in [5, 5.41) is 6.90. The van der Waals surface area contributed by atoms with Crippen molar-refractivity contribution in [3.8, 4) is 0 Å². The molecule has 0 saturated carbocycles. The molecule has 0 radical (unpaired) electrons. The summed E-state index contributed by atoms with van der Waals surface area (Å²) in [6, 6.07) is 6.69. The highest BCUT2D eigenvalue weighted by Crippen LogP contribution is 2.26. The molecule has 15 heavy (non-hydrogen) atoms. The average Bonchev–Trinajstić information content (AvgIpc) is 2.57. The molecule has 0 unspecified atom stereocenters. The first-order chi connectivity index (χ1) is 6.81. The molecule has 0 amide bonds. The molecule has 82 valence electrons. The van der Waals surface area contributed by atoms with Gasteiger partial charge in [-0.3, -0.25) is 0 Å². The van der Waals surface area contributed by atoms with Gasteiger partial charge in [-0.1, -0.05) is 17.7 Å². The summed E-state index contributed by atoms with van der Waals surface area (Å²) in [7, 11) is 2.00. The number of halogens is 1. The smallest absolute Gasteiger partial charge is 0.0345 e. The van der Waals surface area contributed by atoms with E-state index in [0.29, 0.717) is 0 Å². The second kappa shape index (κ2) is 5.50. The largest absolute Gasteiger partial charge is 0.319 e. The average molecular weight is 242 g/mol. The van der Waals surface area contributed by atoms with Gasteiger partial charge in [0.15, 0.2) is 0 Å². The van der Waals surface area contributed by atoms with Crippen LogP contribution in [-0.2, 0) is 6.42 Å². The van der Waals surface area contributed by atoms with E-state index >= 15 is 0 Å². The van der Waals surface area contributed by atoms with Crippen molar-refractivity contribution in [3.05, 3.63) is 34.7 Å². The van der Waals surface area contributed by atoms with Crippen molar-refractivity contribution in [1.82, 2.24) is 5.32 Å². The third kappa shape index (κ3) is 2.71. The molecule has 0 aliphatic rings. The molecular formula is C12H16ClNS. The number of hydrogen-bond donors (Lipinski definition) is 1. The summed E-state index contributed by atoms with van der Waals surface area (Å²) in [5.41, 5.74) is 2.82. The normalized spacial score (nSPS) is 10.3. The maximum absolute atomic E-state index is 3.19. The molecule has 1 aromatic carbocycles. The molecule has 1 aromatic heterocycles. The van der Waals surface area contributed by atoms with E-state index in [2.05, 4.69) is 35.8 Å². The highest BCUT2D eigenvalue weighted by molar-refractivity contribution is 7.17. The Morgan fingerprint density at radius 3 is 2.87 bits per heavy atom. The summed E-state index contributed by atoms with van der Waals surface area (Å²) in [4.78, 5) is 0. The number of rotatable bonds is 3. The van der Waals surface area contributed by atoms with Gasteiger partial charge in [0.25, 0.3) is 0 Å². The van der Waals surface area contributed by atoms with Gasteiger partial charge in [-0.15, -0.1) is 23.7 Å². The highest BCUT2D eigenvalue weighted by atomic mass is 35.5. The fourth-order valence-corrected chi connectivity index (χ4v) is 2.63. The van der Waals surface area contributed by atoms with Gasteiger partial charge in [0.1, 0.15) is 0 Å². The number of hydrogen-bond acceptors (Lipinski definition) is 2. The van der Waals surface area contributed by atoms with E-state index < -0.39 is 0 Å². The van der Waals surface area contributed by atoms with Crippen LogP contribution in [0.15, 0.2) is 23.6 Å². The summed E-state index contributed by atoms with van der Waals surface area (Å²) in [6.45, 7) is 3.21. The van der Waals surface area contributed by atoms with Crippen LogP contribution in [0.2, 0.25) is 0 Å². The summed E-state index contributed by atoms with van der Waals surface area (Å²) >= 11 is 1.85. The van der Waals surface area contributed by atoms with Crippen molar-refractivity contribution >= 4 is 33.8 Å². The molecule has 1 N–H and O–H groups in total. The summed E-state index contributed by atoms with van der Waals surface area (Å²) < 4.78 is 1.40. The van der Waals surface area contributed by atoms with Crippen molar-refractivity contribution in [2.45, 2.75) is 13.3 Å². The Kier molecular flexibility index (Phi) is 4.58. The Labute approximate surface area is 101 Å². The van der Waals surface area contributed by atoms with Crippen LogP contribution >= 0.6 is 23.7 Å². The van der Waals surface area contributed by atoms with Crippen molar-refractivity contribution in [1.29, 1.82) is 0 Å². The van der Waals surface area contributed by atoms with Gasteiger partial charge in [-0.05, 0) is 49.3 Å². The van der Waals surface area contributed by atoms with Crippen LogP contribution in [0.4, 0.5) is 0 Å². The van der Waals surface area contributed by atoms with Gasteiger partial charge in [0.2, 0.25) is 0 Å². The van der Waals surface area contributed by atoms with Crippen LogP contribution in [0.1, 0.15) is 11.1 Å². The third-order valence-electron chi connectivity index (χ3n) is 2.45. The van der Waals surface area contributed by atoms with Crippen LogP contribution in [0, 0.1) is 6.92 Å². The first kappa shape index (κ1) is 12.5. The van der Waals surface area contributed by atoms with Gasteiger partial charge < -0.3 is 5.32 Å². The minimum atomic E-state index is 0. The standard InChI is InChI=1S/C12H15NS.ClH/c1-9-3-4-12-11(7-9)10(8-14-12)5-6-13-2;/h3-4,7-8,13H,5-6H2,1-2H3;1H. The lowest BCUT2D eigenvalue weighted by atomic mass is 10.1. The second-order valence-electron chi connectivity index (χ2n) is 3.61. The molecule has 2 rings (SSSR count). The fraction of sp³-hybridized carbons (Fsp3) is 0.333. The Morgan fingerprint density at radius 2 is 2.13 bits per heavy atom. The predicted molar refractivity (Wildman–Crippen MR) is 71.4 cm³/mol. The fourth-order valence-electron chi connectivity index (χ4n) is 1.65. The van der Waals surface area contributed by atoms with Crippen molar-refractivity contribution in [3.63, 3.8) is 0 Å². The lowest BCUT2D eigenvalue weighted by Gasteiger charge is -1.99. The number of benzene rings is 1. The monoisotopic (exact) mass is 241 g/mol. The lowest BCUT2D eigenvalue weighted by molar-refractivity contribution is 0.796. The quantitative estimate of drug-likeness (QED) is 0.869. The third-order valence-corrected chi connectivity index (χ3v) is 3.47. The molecule has 2 aromatic rings. The van der Waals surface area contributed by atoms with Crippen LogP contribution < -0.4 is 5.32 Å². The Balaban J connectivity index is 0.00000112. The first-order valence-corrected chi connectivity index (χ1v) is 5.80. The van der Waals surface area contributed by atoms with Crippen LogP contribution in [0.25, 0.3) is 10.1 Å². The van der Waals surface area contributed by atoms with E-state index in [-0.39, 0.29) is 12.4 Å². The molecule has 0 atom stereocenters. The molecule has 0 saturated heterocycles. The number of fused-ring (bicyclic) bond motifs is 1. The number of likely N-dealkylation sites (N-methyl/N-ethyl adjacent to an activating group) is 1. The van der Waals surface area contributed by atoms with E-state index in [4.69, 9.17) is 0 Å². The molecule has 0 fully saturated rings. The SMILES string of the molecule is CNCCc1csc2ccc(C)cc12.Cl. The number of aryl methyl sites for hydroxylation is 1. The topological polar surface area (TPSA) is 12.0 Å². The Hall–Kier alpha value is -0.570. The van der Waals surface area contributed by atoms with Crippen LogP contribution in [-0.4, -0.2) is 13.6 Å². The zero-order chi connectivity index (χ0) is 9.97. The van der Waals surface area contributed by atoms with Gasteiger partial charge >= 0.3 is 0 Å². The summed E-state index contributed by atoms with van der Waals surface area (Å²) in [6.07, 6.45) is 1.12. The molecule has 1 heterocycles. The summed E-state index contributed by atoms with van der Waals surface area (Å²) in [5.74, 6) is 0. The molecule has 3 heteroatoms. The minimum absolute atomic E-state index is 0. The van der Waals surface area contributed by atoms with E-state index in [1.54, 1.807) is 0 Å². The molecule has 0 bridgehead atoms. The van der Waals surface area contributed by atoms with Gasteiger partial charge in [-0.25, -0.2) is 0 Å². The maximum atomic E-state index is 3.19. The molecule has 0 spiro atoms. The predicted octanol–water partition coefficient (Wildman–Crippen LogP) is 3.39. The zero-order valence-electron chi connectivity index (χ0n) is 9.04. The van der Waals surface area contributed by atoms with Gasteiger partial charge in [-0.2, -0.15) is 0 Å². The first-order valence-electron chi connectivity index (χ1n) is 4.92. The maximum Gasteiger partial charge on any atom is 0.0345 e. The van der Waals surface area contributed by atoms with E-state index in [9.17, 15) is 0 Å². The lowest BCUT2D eigenvalue weighted by Crippen LogP contribution is -2.09. The molecule has 0 aliphatic carbocycles. The zero-order valence-corrected chi connectivity index (χ0v) is 10.7.